The maximum absolute atomic E-state index is 15.2. The molecule has 11 nitrogen and oxygen atoms in total. The van der Waals surface area contributed by atoms with Gasteiger partial charge >= 0.3 is 5.69 Å². The number of fused-ring (bicyclic) bond motifs is 1. The zero-order valence-electron chi connectivity index (χ0n) is 22.6. The lowest BCUT2D eigenvalue weighted by Gasteiger charge is -2.13. The molecule has 0 amide bonds. The van der Waals surface area contributed by atoms with Crippen LogP contribution in [0.4, 0.5) is 14.6 Å². The minimum absolute atomic E-state index is 0.114. The Morgan fingerprint density at radius 3 is 2.57 bits per heavy atom. The van der Waals surface area contributed by atoms with Gasteiger partial charge in [-0.05, 0) is 55.8 Å². The van der Waals surface area contributed by atoms with Crippen molar-refractivity contribution in [3.05, 3.63) is 105 Å². The molecule has 3 heterocycles. The van der Waals surface area contributed by atoms with Gasteiger partial charge in [-0.3, -0.25) is 19.3 Å². The van der Waals surface area contributed by atoms with Crippen LogP contribution in [0.1, 0.15) is 29.8 Å². The molecule has 3 N–H and O–H groups in total. The number of Topliss-reactive ketones (excluding diaryl/α,β-unsaturated/α-hetero) is 1. The Bertz CT molecular complexity index is 1900. The van der Waals surface area contributed by atoms with E-state index in [4.69, 9.17) is 4.74 Å². The molecule has 0 spiro atoms. The van der Waals surface area contributed by atoms with Gasteiger partial charge in [0.15, 0.2) is 28.8 Å². The highest BCUT2D eigenvalue weighted by atomic mass is 19.1. The third-order valence-electron chi connectivity index (χ3n) is 6.54. The Balaban J connectivity index is 1.42. The Morgan fingerprint density at radius 2 is 1.88 bits per heavy atom. The van der Waals surface area contributed by atoms with E-state index in [0.29, 0.717) is 16.9 Å². The third-order valence-corrected chi connectivity index (χ3v) is 6.54. The lowest BCUT2D eigenvalue weighted by molar-refractivity contribution is 0.0990. The van der Waals surface area contributed by atoms with Crippen LogP contribution in [0.5, 0.6) is 11.5 Å². The van der Waals surface area contributed by atoms with Crippen molar-refractivity contribution in [2.24, 2.45) is 0 Å². The monoisotopic (exact) mass is 576 g/mol. The summed E-state index contributed by atoms with van der Waals surface area (Å²) < 4.78 is 36.5. The number of H-pyrrole nitrogens is 1. The predicted octanol–water partition coefficient (Wildman–Crippen LogP) is 3.58. The number of rotatable bonds is 10. The van der Waals surface area contributed by atoms with E-state index < -0.39 is 28.7 Å². The minimum atomic E-state index is -0.858. The average molecular weight is 577 g/mol. The van der Waals surface area contributed by atoms with Crippen LogP contribution in [-0.2, 0) is 13.0 Å². The van der Waals surface area contributed by atoms with Crippen LogP contribution in [0.2, 0.25) is 0 Å². The van der Waals surface area contributed by atoms with Crippen molar-refractivity contribution in [2.45, 2.75) is 32.9 Å². The molecule has 2 aromatic carbocycles. The Morgan fingerprint density at radius 1 is 1.12 bits per heavy atom. The molecule has 3 aromatic heterocycles. The van der Waals surface area contributed by atoms with Crippen molar-refractivity contribution in [1.29, 1.82) is 0 Å². The summed E-state index contributed by atoms with van der Waals surface area (Å²) in [6.45, 7) is 3.47. The summed E-state index contributed by atoms with van der Waals surface area (Å²) >= 11 is 0. The molecule has 5 rings (SSSR count). The number of aliphatic hydroxyl groups is 1. The number of benzene rings is 2. The Labute approximate surface area is 237 Å². The summed E-state index contributed by atoms with van der Waals surface area (Å²) in [6.07, 6.45) is 2.32. The number of pyridine rings is 1. The fourth-order valence-electron chi connectivity index (χ4n) is 4.36. The lowest BCUT2D eigenvalue weighted by Crippen LogP contribution is -2.41. The highest BCUT2D eigenvalue weighted by Crippen LogP contribution is 2.34. The number of nitrogens with one attached hydrogen (secondary N) is 2. The zero-order chi connectivity index (χ0) is 30.0. The number of aliphatic hydroxyl groups excluding tert-OH is 1. The van der Waals surface area contributed by atoms with Gasteiger partial charge in [-0.25, -0.2) is 23.1 Å². The van der Waals surface area contributed by atoms with Crippen molar-refractivity contribution in [3.8, 4) is 17.2 Å². The van der Waals surface area contributed by atoms with Crippen molar-refractivity contribution in [2.75, 3.05) is 11.9 Å². The van der Waals surface area contributed by atoms with Crippen molar-refractivity contribution < 1.29 is 23.4 Å². The molecule has 5 aromatic rings. The highest BCUT2D eigenvalue weighted by molar-refractivity contribution is 5.97. The first-order chi connectivity index (χ1) is 20.2. The van der Waals surface area contributed by atoms with Gasteiger partial charge in [0.2, 0.25) is 0 Å². The largest absolute Gasteiger partial charge is 0.453 e. The maximum atomic E-state index is 15.2. The van der Waals surface area contributed by atoms with Crippen molar-refractivity contribution in [1.82, 2.24) is 24.3 Å². The molecule has 0 saturated heterocycles. The smallest absolute Gasteiger partial charge is 0.335 e. The number of ether oxygens (including phenoxy) is 1. The minimum Gasteiger partial charge on any atom is -0.453 e. The molecule has 216 valence electrons. The summed E-state index contributed by atoms with van der Waals surface area (Å²) in [7, 11) is 0. The molecule has 0 unspecified atom stereocenters. The number of aromatic amines is 1. The standard InChI is InChI=1S/C29H26F2N6O5/c1-3-36-14-20(28(40)37(29(36)41)19-7-5-18(30)6-8-19)22(39)13-17-4-9-23(21(31)12-17)42-24-10-11-32-26-25(24)27(35-34-26)33-16(2)15-38/h4-12,14,16,38H,3,13,15H2,1-2H3,(H2,32,33,34,35)/t16-/m1/s1. The highest BCUT2D eigenvalue weighted by Gasteiger charge is 2.20. The molecule has 0 bridgehead atoms. The van der Waals surface area contributed by atoms with Crippen LogP contribution in [-0.4, -0.2) is 47.9 Å². The number of aromatic nitrogens is 5. The van der Waals surface area contributed by atoms with E-state index in [9.17, 15) is 23.9 Å². The second-order valence-electron chi connectivity index (χ2n) is 9.53. The number of hydrogen-bond donors (Lipinski definition) is 3. The third kappa shape index (κ3) is 5.54. The van der Waals surface area contributed by atoms with E-state index in [1.807, 2.05) is 0 Å². The van der Waals surface area contributed by atoms with Crippen LogP contribution < -0.4 is 21.3 Å². The number of hydrogen-bond acceptors (Lipinski definition) is 8. The zero-order valence-corrected chi connectivity index (χ0v) is 22.6. The summed E-state index contributed by atoms with van der Waals surface area (Å²) in [5.74, 6) is -1.43. The van der Waals surface area contributed by atoms with Crippen molar-refractivity contribution in [3.63, 3.8) is 0 Å². The van der Waals surface area contributed by atoms with Crippen LogP contribution in [0, 0.1) is 11.6 Å². The molecule has 0 aliphatic carbocycles. The topological polar surface area (TPSA) is 144 Å². The number of aryl methyl sites for hydroxylation is 1. The molecule has 0 saturated carbocycles. The molecule has 0 aliphatic heterocycles. The van der Waals surface area contributed by atoms with Crippen LogP contribution in [0.25, 0.3) is 16.7 Å². The summed E-state index contributed by atoms with van der Waals surface area (Å²) in [6, 6.07) is 9.96. The second kappa shape index (κ2) is 11.7. The molecule has 13 heteroatoms. The van der Waals surface area contributed by atoms with E-state index in [2.05, 4.69) is 20.5 Å². The number of halogens is 2. The molecule has 42 heavy (non-hydrogen) atoms. The molecular weight excluding hydrogens is 550 g/mol. The fourth-order valence-corrected chi connectivity index (χ4v) is 4.36. The average Bonchev–Trinajstić information content (AvgIpc) is 3.39. The van der Waals surface area contributed by atoms with E-state index in [1.165, 1.54) is 41.2 Å². The lowest BCUT2D eigenvalue weighted by atomic mass is 10.0. The van der Waals surface area contributed by atoms with Gasteiger partial charge in [-0.15, -0.1) is 0 Å². The van der Waals surface area contributed by atoms with Gasteiger partial charge in [-0.2, -0.15) is 5.10 Å². The van der Waals surface area contributed by atoms with Crippen LogP contribution in [0.15, 0.2) is 70.5 Å². The van der Waals surface area contributed by atoms with Crippen LogP contribution >= 0.6 is 0 Å². The molecule has 1 atom stereocenters. The number of ketones is 1. The summed E-state index contributed by atoms with van der Waals surface area (Å²) in [5.41, 5.74) is -1.02. The maximum Gasteiger partial charge on any atom is 0.335 e. The van der Waals surface area contributed by atoms with Gasteiger partial charge in [0, 0.05) is 37.5 Å². The first-order valence-electron chi connectivity index (χ1n) is 13.0. The van der Waals surface area contributed by atoms with Gasteiger partial charge in [0.25, 0.3) is 5.56 Å². The van der Waals surface area contributed by atoms with Crippen molar-refractivity contribution >= 4 is 22.6 Å². The van der Waals surface area contributed by atoms with Gasteiger partial charge in [-0.1, -0.05) is 6.07 Å². The summed E-state index contributed by atoms with van der Waals surface area (Å²) in [5, 5.41) is 19.8. The molecule has 0 aliphatic rings. The number of anilines is 1. The quantitative estimate of drug-likeness (QED) is 0.214. The normalized spacial score (nSPS) is 11.9. The molecule has 0 radical (unpaired) electrons. The number of carbonyl (C=O) groups excluding carboxylic acids is 1. The van der Waals surface area contributed by atoms with E-state index in [1.54, 1.807) is 19.9 Å². The Kier molecular flexibility index (Phi) is 7.93. The predicted molar refractivity (Wildman–Crippen MR) is 150 cm³/mol. The molecule has 0 fully saturated rings. The van der Waals surface area contributed by atoms with Gasteiger partial charge in [0.1, 0.15) is 22.5 Å². The van der Waals surface area contributed by atoms with Gasteiger partial charge in [0.05, 0.1) is 12.3 Å². The number of nitrogens with zero attached hydrogens (tertiary/aromatic N) is 4. The SMILES string of the molecule is CCn1cc(C(=O)Cc2ccc(Oc3ccnc4[nH]nc(N[C@H](C)CO)c34)c(F)c2)c(=O)n(-c2ccc(F)cc2)c1=O. The first kappa shape index (κ1) is 28.4. The molecular formula is C29H26F2N6O5. The van der Waals surface area contributed by atoms with Crippen LogP contribution in [0.3, 0.4) is 0 Å². The first-order valence-corrected chi connectivity index (χ1v) is 13.0. The fraction of sp³-hybridized carbons (Fsp3) is 0.207. The van der Waals surface area contributed by atoms with E-state index in [-0.39, 0.29) is 53.9 Å². The summed E-state index contributed by atoms with van der Waals surface area (Å²) in [4.78, 5) is 43.5. The number of carbonyl (C=O) groups is 1. The van der Waals surface area contributed by atoms with E-state index >= 15 is 4.39 Å². The van der Waals surface area contributed by atoms with Gasteiger partial charge < -0.3 is 15.2 Å². The van der Waals surface area contributed by atoms with E-state index in [0.717, 1.165) is 22.8 Å². The Hall–Kier alpha value is -5.17. The second-order valence-corrected chi connectivity index (χ2v) is 9.53.